The maximum Gasteiger partial charge on any atom is 0.335 e. The van der Waals surface area contributed by atoms with Crippen molar-refractivity contribution in [1.29, 1.82) is 0 Å². The summed E-state index contributed by atoms with van der Waals surface area (Å²) in [6, 6.07) is 15.4. The third kappa shape index (κ3) is 5.20. The van der Waals surface area contributed by atoms with E-state index < -0.39 is 7.60 Å². The normalized spacial score (nSPS) is 13.6. The number of hydrogen-bond acceptors (Lipinski definition) is 4. The average Bonchev–Trinajstić information content (AvgIpc) is 2.69. The molecule has 2 aromatic rings. The molecule has 0 atom stereocenters. The first-order valence-corrected chi connectivity index (χ1v) is 11.3. The van der Waals surface area contributed by atoms with Crippen molar-refractivity contribution < 1.29 is 18.4 Å². The molecule has 28 heavy (non-hydrogen) atoms. The quantitative estimate of drug-likeness (QED) is 0.602. The summed E-state index contributed by atoms with van der Waals surface area (Å²) in [4.78, 5) is 12.6. The van der Waals surface area contributed by atoms with Crippen LogP contribution in [0.15, 0.2) is 54.1 Å². The van der Waals surface area contributed by atoms with Crippen molar-refractivity contribution in [2.45, 2.75) is 32.9 Å². The number of aryl methyl sites for hydroxylation is 1. The minimum Gasteiger partial charge on any atom is -0.322 e. The van der Waals surface area contributed by atoms with Gasteiger partial charge in [-0.1, -0.05) is 36.4 Å². The fourth-order valence-electron chi connectivity index (χ4n) is 3.26. The fraction of sp³-hybridized carbons (Fsp3) is 0.318. The molecule has 0 aromatic heterocycles. The van der Waals surface area contributed by atoms with Crippen LogP contribution in [0.25, 0.3) is 6.08 Å². The van der Waals surface area contributed by atoms with E-state index in [0.717, 1.165) is 29.5 Å². The monoisotopic (exact) mass is 399 g/mol. The molecule has 1 aliphatic carbocycles. The first-order chi connectivity index (χ1) is 13.5. The van der Waals surface area contributed by atoms with E-state index in [4.69, 9.17) is 9.05 Å². The largest absolute Gasteiger partial charge is 0.335 e. The smallest absolute Gasteiger partial charge is 0.322 e. The second kappa shape index (κ2) is 9.33. The molecule has 0 radical (unpaired) electrons. The molecule has 5 nitrogen and oxygen atoms in total. The van der Waals surface area contributed by atoms with Crippen LogP contribution in [-0.4, -0.2) is 19.1 Å². The van der Waals surface area contributed by atoms with Crippen LogP contribution in [0.2, 0.25) is 0 Å². The maximum atomic E-state index is 12.6. The molecule has 0 saturated carbocycles. The number of rotatable bonds is 8. The molecule has 2 aromatic carbocycles. The molecule has 1 aliphatic rings. The van der Waals surface area contributed by atoms with Crippen molar-refractivity contribution in [3.8, 4) is 0 Å². The van der Waals surface area contributed by atoms with Crippen LogP contribution in [0, 0.1) is 0 Å². The number of nitrogens with one attached hydrogen (secondary N) is 1. The standard InChI is InChI=1S/C22H26NO4P/c1-3-26-28(25,27-4-2)16-17-9-13-21(14-10-17)23-22(24)20-12-11-18-7-5-6-8-19(18)15-20/h5-10,13-15H,3-4,11-12,16H2,1-2H3,(H,23,24). The molecule has 0 heterocycles. The van der Waals surface area contributed by atoms with Gasteiger partial charge >= 0.3 is 7.60 Å². The van der Waals surface area contributed by atoms with Gasteiger partial charge in [-0.2, -0.15) is 0 Å². The number of anilines is 1. The summed E-state index contributed by atoms with van der Waals surface area (Å²) in [6.45, 7) is 4.26. The summed E-state index contributed by atoms with van der Waals surface area (Å²) in [5, 5.41) is 2.94. The highest BCUT2D eigenvalue weighted by atomic mass is 31.2. The van der Waals surface area contributed by atoms with Crippen molar-refractivity contribution in [1.82, 2.24) is 0 Å². The summed E-state index contributed by atoms with van der Waals surface area (Å²) in [6.07, 6.45) is 3.78. The van der Waals surface area contributed by atoms with Gasteiger partial charge in [0.2, 0.25) is 0 Å². The van der Waals surface area contributed by atoms with Gasteiger partial charge in [-0.05, 0) is 61.6 Å². The van der Waals surface area contributed by atoms with Crippen molar-refractivity contribution >= 4 is 25.3 Å². The molecule has 1 N–H and O–H groups in total. The van der Waals surface area contributed by atoms with Crippen LogP contribution in [-0.2, 0) is 31.0 Å². The topological polar surface area (TPSA) is 64.6 Å². The molecule has 0 aliphatic heterocycles. The SMILES string of the molecule is CCOP(=O)(Cc1ccc(NC(=O)C2=Cc3ccccc3CC2)cc1)OCC. The lowest BCUT2D eigenvalue weighted by molar-refractivity contribution is -0.112. The minimum absolute atomic E-state index is 0.0865. The van der Waals surface area contributed by atoms with E-state index in [1.54, 1.807) is 13.8 Å². The Morgan fingerprint density at radius 2 is 1.68 bits per heavy atom. The maximum absolute atomic E-state index is 12.6. The Balaban J connectivity index is 1.65. The first-order valence-electron chi connectivity index (χ1n) is 9.60. The van der Waals surface area contributed by atoms with Crippen molar-refractivity contribution in [2.24, 2.45) is 0 Å². The second-order valence-corrected chi connectivity index (χ2v) is 8.68. The third-order valence-corrected chi connectivity index (χ3v) is 6.64. The van der Waals surface area contributed by atoms with Crippen molar-refractivity contribution in [2.75, 3.05) is 18.5 Å². The van der Waals surface area contributed by atoms with Crippen LogP contribution >= 0.6 is 7.60 Å². The Kier molecular flexibility index (Phi) is 6.84. The molecule has 3 rings (SSSR count). The molecular weight excluding hydrogens is 373 g/mol. The Bertz CT molecular complexity index is 895. The summed E-state index contributed by atoms with van der Waals surface area (Å²) < 4.78 is 23.3. The molecule has 0 bridgehead atoms. The summed E-state index contributed by atoms with van der Waals surface area (Å²) in [5.74, 6) is -0.0865. The Hall–Kier alpha value is -2.20. The molecule has 148 valence electrons. The Morgan fingerprint density at radius 3 is 2.36 bits per heavy atom. The minimum atomic E-state index is -3.13. The summed E-state index contributed by atoms with van der Waals surface area (Å²) in [5.41, 5.74) is 4.71. The zero-order chi connectivity index (χ0) is 20.0. The predicted molar refractivity (Wildman–Crippen MR) is 112 cm³/mol. The number of carbonyl (C=O) groups excluding carboxylic acids is 1. The van der Waals surface area contributed by atoms with Gasteiger partial charge in [0.25, 0.3) is 5.91 Å². The van der Waals surface area contributed by atoms with Gasteiger partial charge in [0.05, 0.1) is 19.4 Å². The van der Waals surface area contributed by atoms with E-state index in [9.17, 15) is 9.36 Å². The number of fused-ring (bicyclic) bond motifs is 1. The second-order valence-electron chi connectivity index (χ2n) is 6.62. The van der Waals surface area contributed by atoms with Crippen LogP contribution in [0.1, 0.15) is 37.0 Å². The highest BCUT2D eigenvalue weighted by Crippen LogP contribution is 2.51. The molecule has 0 fully saturated rings. The van der Waals surface area contributed by atoms with Crippen LogP contribution in [0.3, 0.4) is 0 Å². The highest BCUT2D eigenvalue weighted by Gasteiger charge is 2.24. The lowest BCUT2D eigenvalue weighted by atomic mass is 9.92. The zero-order valence-electron chi connectivity index (χ0n) is 16.3. The summed E-state index contributed by atoms with van der Waals surface area (Å²) in [7, 11) is -3.13. The fourth-order valence-corrected chi connectivity index (χ4v) is 4.96. The van der Waals surface area contributed by atoms with E-state index in [2.05, 4.69) is 11.4 Å². The third-order valence-electron chi connectivity index (χ3n) is 4.58. The van der Waals surface area contributed by atoms with Gasteiger partial charge < -0.3 is 14.4 Å². The van der Waals surface area contributed by atoms with E-state index in [0.29, 0.717) is 18.9 Å². The molecule has 0 unspecified atom stereocenters. The molecular formula is C22H26NO4P. The van der Waals surface area contributed by atoms with Gasteiger partial charge in [0, 0.05) is 11.3 Å². The Morgan fingerprint density at radius 1 is 1.00 bits per heavy atom. The summed E-state index contributed by atoms with van der Waals surface area (Å²) >= 11 is 0. The highest BCUT2D eigenvalue weighted by molar-refractivity contribution is 7.53. The van der Waals surface area contributed by atoms with Gasteiger partial charge in [0.1, 0.15) is 0 Å². The number of carbonyl (C=O) groups is 1. The average molecular weight is 399 g/mol. The predicted octanol–water partition coefficient (Wildman–Crippen LogP) is 5.42. The molecule has 1 amide bonds. The van der Waals surface area contributed by atoms with Crippen molar-refractivity contribution in [3.05, 3.63) is 70.8 Å². The lowest BCUT2D eigenvalue weighted by Gasteiger charge is -2.17. The molecule has 0 spiro atoms. The van der Waals surface area contributed by atoms with Gasteiger partial charge in [-0.3, -0.25) is 9.36 Å². The van der Waals surface area contributed by atoms with E-state index >= 15 is 0 Å². The van der Waals surface area contributed by atoms with Crippen LogP contribution < -0.4 is 5.32 Å². The number of benzene rings is 2. The van der Waals surface area contributed by atoms with Crippen LogP contribution in [0.4, 0.5) is 5.69 Å². The zero-order valence-corrected chi connectivity index (χ0v) is 17.2. The number of amides is 1. The first kappa shape index (κ1) is 20.5. The van der Waals surface area contributed by atoms with E-state index in [-0.39, 0.29) is 12.1 Å². The molecule has 6 heteroatoms. The van der Waals surface area contributed by atoms with Gasteiger partial charge in [0.15, 0.2) is 0 Å². The van der Waals surface area contributed by atoms with E-state index in [1.165, 1.54) is 5.56 Å². The van der Waals surface area contributed by atoms with Crippen molar-refractivity contribution in [3.63, 3.8) is 0 Å². The number of hydrogen-bond donors (Lipinski definition) is 1. The Labute approximate surface area is 166 Å². The van der Waals surface area contributed by atoms with Gasteiger partial charge in [-0.25, -0.2) is 0 Å². The van der Waals surface area contributed by atoms with Crippen LogP contribution in [0.5, 0.6) is 0 Å². The van der Waals surface area contributed by atoms with E-state index in [1.807, 2.05) is 48.5 Å². The van der Waals surface area contributed by atoms with Gasteiger partial charge in [-0.15, -0.1) is 0 Å². The molecule has 0 saturated heterocycles. The lowest BCUT2D eigenvalue weighted by Crippen LogP contribution is -2.16.